The molecule has 1 unspecified atom stereocenters. The molecule has 0 saturated heterocycles. The Hall–Kier alpha value is -1.55. The summed E-state index contributed by atoms with van der Waals surface area (Å²) in [6.45, 7) is 4.04. The Morgan fingerprint density at radius 2 is 1.95 bits per heavy atom. The van der Waals surface area contributed by atoms with Crippen LogP contribution < -0.4 is 10.1 Å². The van der Waals surface area contributed by atoms with Gasteiger partial charge in [-0.25, -0.2) is 0 Å². The normalized spacial score (nSPS) is 20.3. The van der Waals surface area contributed by atoms with Crippen LogP contribution in [-0.4, -0.2) is 23.7 Å². The van der Waals surface area contributed by atoms with E-state index in [-0.39, 0.29) is 5.78 Å². The highest BCUT2D eigenvalue weighted by Crippen LogP contribution is 2.38. The molecule has 2 N–H and O–H groups in total. The summed E-state index contributed by atoms with van der Waals surface area (Å²) < 4.78 is 5.22. The number of carbonyl (C=O) groups is 1. The van der Waals surface area contributed by atoms with Crippen molar-refractivity contribution in [3.8, 4) is 5.75 Å². The molecule has 21 heavy (non-hydrogen) atoms. The largest absolute Gasteiger partial charge is 0.497 e. The highest BCUT2D eigenvalue weighted by Gasteiger charge is 2.44. The van der Waals surface area contributed by atoms with E-state index in [0.29, 0.717) is 23.4 Å². The van der Waals surface area contributed by atoms with Gasteiger partial charge in [0.15, 0.2) is 0 Å². The average molecular weight is 291 g/mol. The van der Waals surface area contributed by atoms with Gasteiger partial charge >= 0.3 is 0 Å². The maximum Gasteiger partial charge on any atom is 0.217 e. The number of aliphatic hydroxyl groups is 1. The van der Waals surface area contributed by atoms with Crippen LogP contribution in [0.1, 0.15) is 61.4 Å². The van der Waals surface area contributed by atoms with Crippen molar-refractivity contribution in [2.45, 2.75) is 58.1 Å². The highest BCUT2D eigenvalue weighted by atomic mass is 16.5. The fraction of sp³-hybridized carbons (Fsp3) is 0.588. The Kier molecular flexibility index (Phi) is 4.88. The molecule has 4 heteroatoms. The molecule has 1 atom stereocenters. The Morgan fingerprint density at radius 1 is 1.24 bits per heavy atom. The summed E-state index contributed by atoms with van der Waals surface area (Å²) in [4.78, 5) is 12.5. The van der Waals surface area contributed by atoms with E-state index in [2.05, 4.69) is 12.2 Å². The number of methoxy groups -OCH3 is 1. The van der Waals surface area contributed by atoms with Crippen molar-refractivity contribution in [2.24, 2.45) is 0 Å². The topological polar surface area (TPSA) is 58.6 Å². The number of Topliss-reactive ketones (excluding diaryl/α,β-unsaturated/α-hetero) is 1. The molecular formula is C17H25NO3. The average Bonchev–Trinajstić information content (AvgIpc) is 2.70. The maximum atomic E-state index is 12.5. The number of ether oxygens (including phenoxy) is 1. The van der Waals surface area contributed by atoms with Crippen LogP contribution in [-0.2, 0) is 0 Å². The Labute approximate surface area is 126 Å². The molecule has 0 fully saturated rings. The van der Waals surface area contributed by atoms with E-state index in [4.69, 9.17) is 4.74 Å². The minimum absolute atomic E-state index is 0.215. The zero-order valence-corrected chi connectivity index (χ0v) is 13.2. The fourth-order valence-electron chi connectivity index (χ4n) is 2.92. The zero-order valence-electron chi connectivity index (χ0n) is 13.2. The molecule has 1 heterocycles. The first kappa shape index (κ1) is 15.8. The predicted molar refractivity (Wildman–Crippen MR) is 84.0 cm³/mol. The number of hydrogen-bond donors (Lipinski definition) is 2. The Balaban J connectivity index is 2.08. The van der Waals surface area contributed by atoms with Crippen molar-refractivity contribution in [1.82, 2.24) is 0 Å². The maximum absolute atomic E-state index is 12.5. The molecule has 0 bridgehead atoms. The molecular weight excluding hydrogens is 266 g/mol. The van der Waals surface area contributed by atoms with Crippen molar-refractivity contribution in [3.05, 3.63) is 23.3 Å². The molecule has 1 aromatic carbocycles. The number of hydrogen-bond acceptors (Lipinski definition) is 4. The summed E-state index contributed by atoms with van der Waals surface area (Å²) in [7, 11) is 1.60. The summed E-state index contributed by atoms with van der Waals surface area (Å²) in [5, 5.41) is 13.6. The predicted octanol–water partition coefficient (Wildman–Crippen LogP) is 3.66. The van der Waals surface area contributed by atoms with Crippen molar-refractivity contribution < 1.29 is 14.6 Å². The lowest BCUT2D eigenvalue weighted by Crippen LogP contribution is -2.41. The number of anilines is 1. The van der Waals surface area contributed by atoms with E-state index >= 15 is 0 Å². The van der Waals surface area contributed by atoms with Gasteiger partial charge in [-0.15, -0.1) is 0 Å². The first-order valence-corrected chi connectivity index (χ1v) is 7.76. The third kappa shape index (κ3) is 3.21. The van der Waals surface area contributed by atoms with E-state index in [9.17, 15) is 9.90 Å². The van der Waals surface area contributed by atoms with E-state index in [1.807, 2.05) is 13.0 Å². The van der Waals surface area contributed by atoms with E-state index in [1.54, 1.807) is 13.2 Å². The third-order valence-corrected chi connectivity index (χ3v) is 4.13. The van der Waals surface area contributed by atoms with Crippen molar-refractivity contribution in [3.63, 3.8) is 0 Å². The molecule has 0 saturated carbocycles. The second-order valence-electron chi connectivity index (χ2n) is 5.85. The molecule has 0 radical (unpaired) electrons. The van der Waals surface area contributed by atoms with Gasteiger partial charge in [0.2, 0.25) is 11.5 Å². The number of carbonyl (C=O) groups excluding carboxylic acids is 1. The molecule has 1 aliphatic heterocycles. The van der Waals surface area contributed by atoms with Crippen molar-refractivity contribution >= 4 is 11.5 Å². The lowest BCUT2D eigenvalue weighted by Gasteiger charge is -2.21. The molecule has 1 aromatic rings. The van der Waals surface area contributed by atoms with E-state index in [1.165, 1.54) is 12.8 Å². The number of benzene rings is 1. The molecule has 0 aromatic heterocycles. The fourth-order valence-corrected chi connectivity index (χ4v) is 2.92. The second kappa shape index (κ2) is 6.48. The van der Waals surface area contributed by atoms with Crippen LogP contribution in [0, 0.1) is 6.92 Å². The molecule has 116 valence electrons. The van der Waals surface area contributed by atoms with Gasteiger partial charge in [0.25, 0.3) is 0 Å². The minimum Gasteiger partial charge on any atom is -0.497 e. The number of fused-ring (bicyclic) bond motifs is 1. The first-order chi connectivity index (χ1) is 10.0. The Morgan fingerprint density at radius 3 is 2.62 bits per heavy atom. The number of unbranched alkanes of at least 4 members (excludes halogenated alkanes) is 4. The minimum atomic E-state index is -1.45. The van der Waals surface area contributed by atoms with E-state index in [0.717, 1.165) is 24.8 Å². The summed E-state index contributed by atoms with van der Waals surface area (Å²) in [5.41, 5.74) is 0.648. The highest BCUT2D eigenvalue weighted by molar-refractivity contribution is 6.13. The molecule has 2 rings (SSSR count). The van der Waals surface area contributed by atoms with Gasteiger partial charge in [0, 0.05) is 18.1 Å². The molecule has 0 amide bonds. The smallest absolute Gasteiger partial charge is 0.217 e. The lowest BCUT2D eigenvalue weighted by molar-refractivity contribution is 0.0435. The number of rotatable bonds is 7. The Bertz CT molecular complexity index is 527. The van der Waals surface area contributed by atoms with Crippen LogP contribution in [0.25, 0.3) is 0 Å². The molecule has 0 spiro atoms. The number of ketones is 1. The standard InChI is InChI=1S/C17H25NO3/c1-4-5-6-7-8-9-17(20)16(19)15-12(2)10-13(21-3)11-14(15)18-17/h10-11,18,20H,4-9H2,1-3H3. The molecule has 4 nitrogen and oxygen atoms in total. The second-order valence-corrected chi connectivity index (χ2v) is 5.85. The summed E-state index contributed by atoms with van der Waals surface area (Å²) in [6.07, 6.45) is 5.89. The van der Waals surface area contributed by atoms with Gasteiger partial charge < -0.3 is 15.2 Å². The third-order valence-electron chi connectivity index (χ3n) is 4.13. The molecule has 1 aliphatic rings. The van der Waals surface area contributed by atoms with Gasteiger partial charge in [-0.05, 0) is 25.0 Å². The van der Waals surface area contributed by atoms with Crippen LogP contribution in [0.3, 0.4) is 0 Å². The van der Waals surface area contributed by atoms with Crippen molar-refractivity contribution in [2.75, 3.05) is 12.4 Å². The van der Waals surface area contributed by atoms with Crippen LogP contribution in [0.4, 0.5) is 5.69 Å². The van der Waals surface area contributed by atoms with Crippen LogP contribution in [0.2, 0.25) is 0 Å². The zero-order chi connectivity index (χ0) is 15.5. The first-order valence-electron chi connectivity index (χ1n) is 7.76. The van der Waals surface area contributed by atoms with Gasteiger partial charge in [-0.3, -0.25) is 4.79 Å². The van der Waals surface area contributed by atoms with E-state index < -0.39 is 5.72 Å². The number of nitrogens with one attached hydrogen (secondary N) is 1. The summed E-state index contributed by atoms with van der Waals surface area (Å²) >= 11 is 0. The molecule has 0 aliphatic carbocycles. The van der Waals surface area contributed by atoms with Gasteiger partial charge in [0.05, 0.1) is 12.8 Å². The van der Waals surface area contributed by atoms with Crippen LogP contribution in [0.15, 0.2) is 12.1 Å². The SMILES string of the molecule is CCCCCCCC1(O)Nc2cc(OC)cc(C)c2C1=O. The summed E-state index contributed by atoms with van der Waals surface area (Å²) in [5.74, 6) is 0.479. The summed E-state index contributed by atoms with van der Waals surface area (Å²) in [6, 6.07) is 3.60. The monoisotopic (exact) mass is 291 g/mol. The number of aryl methyl sites for hydroxylation is 1. The van der Waals surface area contributed by atoms with Gasteiger partial charge in [-0.1, -0.05) is 32.6 Å². The lowest BCUT2D eigenvalue weighted by atomic mass is 9.96. The quantitative estimate of drug-likeness (QED) is 0.753. The van der Waals surface area contributed by atoms with Gasteiger partial charge in [-0.2, -0.15) is 0 Å². The van der Waals surface area contributed by atoms with Crippen molar-refractivity contribution in [1.29, 1.82) is 0 Å². The van der Waals surface area contributed by atoms with Crippen LogP contribution >= 0.6 is 0 Å². The van der Waals surface area contributed by atoms with Crippen LogP contribution in [0.5, 0.6) is 5.75 Å². The van der Waals surface area contributed by atoms with Gasteiger partial charge in [0.1, 0.15) is 5.75 Å².